The van der Waals surface area contributed by atoms with E-state index in [1.807, 2.05) is 0 Å². The van der Waals surface area contributed by atoms with Crippen molar-refractivity contribution in [2.45, 2.75) is 31.6 Å². The van der Waals surface area contributed by atoms with E-state index in [1.54, 1.807) is 6.92 Å². The van der Waals surface area contributed by atoms with Crippen molar-refractivity contribution in [2.75, 3.05) is 29.6 Å². The summed E-state index contributed by atoms with van der Waals surface area (Å²) >= 11 is 0. The van der Waals surface area contributed by atoms with Gasteiger partial charge in [-0.05, 0) is 18.9 Å². The van der Waals surface area contributed by atoms with E-state index in [-0.39, 0.29) is 28.7 Å². The maximum absolute atomic E-state index is 15.1. The highest BCUT2D eigenvalue weighted by atomic mass is 32.2. The number of sulfone groups is 1. The molecule has 0 bridgehead atoms. The Morgan fingerprint density at radius 2 is 2.06 bits per heavy atom. The number of fused-ring (bicyclic) bond motifs is 1. The molecule has 0 aliphatic carbocycles. The third-order valence-electron chi connectivity index (χ3n) is 4.95. The molecular weight excluding hydrogens is 442 g/mol. The van der Waals surface area contributed by atoms with E-state index in [2.05, 4.69) is 30.6 Å². The summed E-state index contributed by atoms with van der Waals surface area (Å²) in [5.41, 5.74) is -0.00428. The van der Waals surface area contributed by atoms with Crippen LogP contribution >= 0.6 is 0 Å². The molecule has 1 aliphatic heterocycles. The molecule has 1 saturated heterocycles. The Morgan fingerprint density at radius 1 is 1.22 bits per heavy atom. The molecule has 0 saturated carbocycles. The zero-order valence-corrected chi connectivity index (χ0v) is 18.1. The minimum atomic E-state index is -3.52. The quantitative estimate of drug-likeness (QED) is 0.518. The number of benzene rings is 1. The molecule has 3 aromatic rings. The zero-order valence-electron chi connectivity index (χ0n) is 17.3. The van der Waals surface area contributed by atoms with E-state index in [0.29, 0.717) is 31.1 Å². The lowest BCUT2D eigenvalue weighted by atomic mass is 10.2. The Hall–Kier alpha value is -2.99. The van der Waals surface area contributed by atoms with Crippen LogP contribution in [0.3, 0.4) is 0 Å². The van der Waals surface area contributed by atoms with Gasteiger partial charge in [-0.25, -0.2) is 37.1 Å². The normalized spacial score (nSPS) is 16.4. The van der Waals surface area contributed by atoms with Gasteiger partial charge in [0.05, 0.1) is 30.4 Å². The Labute approximate surface area is 183 Å². The summed E-state index contributed by atoms with van der Waals surface area (Å²) < 4.78 is 59.1. The number of hydrogen-bond donors (Lipinski definition) is 2. The first-order valence-corrected chi connectivity index (χ1v) is 11.9. The summed E-state index contributed by atoms with van der Waals surface area (Å²) in [4.78, 5) is 16.8. The zero-order chi connectivity index (χ0) is 22.7. The Balaban J connectivity index is 1.67. The summed E-state index contributed by atoms with van der Waals surface area (Å²) in [6.45, 7) is 2.89. The minimum Gasteiger partial charge on any atom is -0.379 e. The monoisotopic (exact) mass is 464 g/mol. The SMILES string of the molecule is CCCS(=O)(=O)Cc1ccc(F)c(Nc2ncnc3cnc(N[C@H]4CCOC4)nc23)c1F. The lowest BCUT2D eigenvalue weighted by molar-refractivity contribution is 0.195. The molecular formula is C20H22F2N6O3S. The molecule has 32 heavy (non-hydrogen) atoms. The molecule has 1 fully saturated rings. The van der Waals surface area contributed by atoms with Crippen molar-refractivity contribution in [2.24, 2.45) is 0 Å². The number of ether oxygens (including phenoxy) is 1. The molecule has 0 radical (unpaired) electrons. The highest BCUT2D eigenvalue weighted by Crippen LogP contribution is 2.29. The molecule has 1 aromatic carbocycles. The molecule has 2 N–H and O–H groups in total. The first kappa shape index (κ1) is 22.2. The number of anilines is 3. The second kappa shape index (κ2) is 9.25. The van der Waals surface area contributed by atoms with Crippen LogP contribution in [0.1, 0.15) is 25.3 Å². The third kappa shape index (κ3) is 4.91. The summed E-state index contributed by atoms with van der Waals surface area (Å²) in [5, 5.41) is 5.77. The van der Waals surface area contributed by atoms with E-state index in [4.69, 9.17) is 4.74 Å². The predicted octanol–water partition coefficient (Wildman–Crippen LogP) is 2.97. The van der Waals surface area contributed by atoms with Crippen LogP contribution in [0.4, 0.5) is 26.2 Å². The average molecular weight is 464 g/mol. The van der Waals surface area contributed by atoms with E-state index < -0.39 is 32.9 Å². The number of halogens is 2. The summed E-state index contributed by atoms with van der Waals surface area (Å²) in [7, 11) is -3.52. The number of rotatable bonds is 8. The Morgan fingerprint density at radius 3 is 2.81 bits per heavy atom. The summed E-state index contributed by atoms with van der Waals surface area (Å²) in [6.07, 6.45) is 3.92. The van der Waals surface area contributed by atoms with E-state index in [0.717, 1.165) is 18.6 Å². The molecule has 0 unspecified atom stereocenters. The fraction of sp³-hybridized carbons (Fsp3) is 0.400. The summed E-state index contributed by atoms with van der Waals surface area (Å²) in [5.74, 6) is -2.11. The van der Waals surface area contributed by atoms with Crippen molar-refractivity contribution >= 4 is 38.3 Å². The van der Waals surface area contributed by atoms with Gasteiger partial charge in [-0.1, -0.05) is 13.0 Å². The molecule has 1 aliphatic rings. The van der Waals surface area contributed by atoms with Gasteiger partial charge in [0, 0.05) is 12.2 Å². The van der Waals surface area contributed by atoms with Crippen LogP contribution < -0.4 is 10.6 Å². The smallest absolute Gasteiger partial charge is 0.223 e. The molecule has 170 valence electrons. The first-order valence-electron chi connectivity index (χ1n) is 10.1. The van der Waals surface area contributed by atoms with Crippen molar-refractivity contribution in [1.29, 1.82) is 0 Å². The van der Waals surface area contributed by atoms with E-state index in [9.17, 15) is 12.8 Å². The van der Waals surface area contributed by atoms with Gasteiger partial charge in [0.25, 0.3) is 0 Å². The van der Waals surface area contributed by atoms with Crippen molar-refractivity contribution in [3.8, 4) is 0 Å². The van der Waals surface area contributed by atoms with E-state index in [1.165, 1.54) is 12.5 Å². The van der Waals surface area contributed by atoms with Gasteiger partial charge in [0.2, 0.25) is 5.95 Å². The molecule has 0 amide bonds. The number of aromatic nitrogens is 4. The van der Waals surface area contributed by atoms with Gasteiger partial charge in [0.15, 0.2) is 21.5 Å². The van der Waals surface area contributed by atoms with Gasteiger partial charge in [-0.15, -0.1) is 0 Å². The van der Waals surface area contributed by atoms with Crippen LogP contribution in [-0.4, -0.2) is 53.4 Å². The topological polar surface area (TPSA) is 119 Å². The first-order chi connectivity index (χ1) is 15.4. The average Bonchev–Trinajstić information content (AvgIpc) is 3.26. The molecule has 12 heteroatoms. The van der Waals surface area contributed by atoms with Gasteiger partial charge >= 0.3 is 0 Å². The number of nitrogens with zero attached hydrogens (tertiary/aromatic N) is 4. The van der Waals surface area contributed by atoms with Crippen molar-refractivity contribution in [3.63, 3.8) is 0 Å². The van der Waals surface area contributed by atoms with Gasteiger partial charge < -0.3 is 15.4 Å². The van der Waals surface area contributed by atoms with Crippen molar-refractivity contribution in [3.05, 3.63) is 41.9 Å². The van der Waals surface area contributed by atoms with Crippen LogP contribution in [0.2, 0.25) is 0 Å². The minimum absolute atomic E-state index is 0.0603. The van der Waals surface area contributed by atoms with Gasteiger partial charge in [-0.3, -0.25) is 0 Å². The van der Waals surface area contributed by atoms with Gasteiger partial charge in [-0.2, -0.15) is 0 Å². The molecule has 4 rings (SSSR count). The maximum atomic E-state index is 15.1. The molecule has 1 atom stereocenters. The van der Waals surface area contributed by atoms with Crippen LogP contribution in [0.5, 0.6) is 0 Å². The largest absolute Gasteiger partial charge is 0.379 e. The number of nitrogens with one attached hydrogen (secondary N) is 2. The second-order valence-corrected chi connectivity index (χ2v) is 9.65. The van der Waals surface area contributed by atoms with Gasteiger partial charge in [0.1, 0.15) is 28.9 Å². The summed E-state index contributed by atoms with van der Waals surface area (Å²) in [6, 6.07) is 2.22. The maximum Gasteiger partial charge on any atom is 0.223 e. The van der Waals surface area contributed by atoms with E-state index >= 15 is 4.39 Å². The Bertz CT molecular complexity index is 1240. The lowest BCUT2D eigenvalue weighted by Crippen LogP contribution is -2.20. The highest BCUT2D eigenvalue weighted by Gasteiger charge is 2.21. The van der Waals surface area contributed by atoms with Crippen LogP contribution in [0.15, 0.2) is 24.7 Å². The fourth-order valence-electron chi connectivity index (χ4n) is 3.41. The van der Waals surface area contributed by atoms with Crippen molar-refractivity contribution in [1.82, 2.24) is 19.9 Å². The highest BCUT2D eigenvalue weighted by molar-refractivity contribution is 7.90. The van der Waals surface area contributed by atoms with Crippen LogP contribution in [-0.2, 0) is 20.3 Å². The second-order valence-electron chi connectivity index (χ2n) is 7.47. The molecule has 0 spiro atoms. The Kier molecular flexibility index (Phi) is 6.42. The molecule has 9 nitrogen and oxygen atoms in total. The van der Waals surface area contributed by atoms with Crippen LogP contribution in [0.25, 0.3) is 11.0 Å². The third-order valence-corrected chi connectivity index (χ3v) is 6.73. The van der Waals surface area contributed by atoms with Crippen molar-refractivity contribution < 1.29 is 21.9 Å². The van der Waals surface area contributed by atoms with Crippen LogP contribution in [0, 0.1) is 11.6 Å². The fourth-order valence-corrected chi connectivity index (χ4v) is 4.87. The lowest BCUT2D eigenvalue weighted by Gasteiger charge is -2.14. The molecule has 3 heterocycles. The molecule has 2 aromatic heterocycles. The standard InChI is InChI=1S/C20H22F2N6O3S/c1-2-7-32(29,30)10-12-3-4-14(21)17(16(12)22)27-19-18-15(24-11-25-19)8-23-20(28-18)26-13-5-6-31-9-13/h3-4,8,11,13H,2,5-7,9-10H2,1H3,(H,23,26,28)(H,24,25,27)/t13-/m0/s1. The predicted molar refractivity (Wildman–Crippen MR) is 115 cm³/mol. The number of hydrogen-bond acceptors (Lipinski definition) is 9.